The van der Waals surface area contributed by atoms with Gasteiger partial charge in [-0.15, -0.1) is 0 Å². The molecule has 0 radical (unpaired) electrons. The number of aliphatic hydroxyl groups is 1. The fourth-order valence-corrected chi connectivity index (χ4v) is 5.51. The molecule has 0 spiro atoms. The first-order valence-corrected chi connectivity index (χ1v) is 13.3. The van der Waals surface area contributed by atoms with Crippen molar-refractivity contribution in [2.75, 3.05) is 52.3 Å². The summed E-state index contributed by atoms with van der Waals surface area (Å²) in [6.07, 6.45) is 7.61. The number of anilines is 1. The van der Waals surface area contributed by atoms with Gasteiger partial charge in [-0.3, -0.25) is 4.90 Å². The van der Waals surface area contributed by atoms with E-state index in [0.29, 0.717) is 18.6 Å². The minimum atomic E-state index is -0.183. The van der Waals surface area contributed by atoms with Gasteiger partial charge in [0.15, 0.2) is 0 Å². The molecule has 1 aliphatic heterocycles. The number of rotatable bonds is 8. The number of likely N-dealkylation sites (N-methyl/N-ethyl adjacent to an activating group) is 1. The number of piperazine rings is 1. The Bertz CT molecular complexity index is 1130. The van der Waals surface area contributed by atoms with Gasteiger partial charge in [0.1, 0.15) is 5.65 Å². The molecule has 1 saturated carbocycles. The highest BCUT2D eigenvalue weighted by molar-refractivity contribution is 5.94. The standard InChI is InChI=1S/C28H40N6O2/c1-20(19-36-3)30-28-29-16-25-26(18-34(27(25)31-28)23-8-10-24(35)11-9-23)22-6-4-21(5-7-22)17-33-14-12-32(2)13-15-33/h4-7,16,18,20,23-24,35H,8-15,17,19H2,1-3H3,(H,29,30,31). The minimum absolute atomic E-state index is 0.119. The largest absolute Gasteiger partial charge is 0.393 e. The first kappa shape index (κ1) is 25.1. The molecular weight excluding hydrogens is 452 g/mol. The zero-order valence-corrected chi connectivity index (χ0v) is 21.9. The van der Waals surface area contributed by atoms with E-state index in [0.717, 1.165) is 69.4 Å². The summed E-state index contributed by atoms with van der Waals surface area (Å²) in [5.74, 6) is 0.622. The van der Waals surface area contributed by atoms with E-state index in [2.05, 4.69) is 69.1 Å². The number of aliphatic hydroxyl groups excluding tert-OH is 1. The van der Waals surface area contributed by atoms with Crippen LogP contribution in [0.15, 0.2) is 36.7 Å². The smallest absolute Gasteiger partial charge is 0.224 e. The van der Waals surface area contributed by atoms with Gasteiger partial charge in [-0.1, -0.05) is 24.3 Å². The first-order valence-electron chi connectivity index (χ1n) is 13.3. The van der Waals surface area contributed by atoms with Crippen LogP contribution in [-0.2, 0) is 11.3 Å². The highest BCUT2D eigenvalue weighted by Crippen LogP contribution is 2.36. The van der Waals surface area contributed by atoms with E-state index in [-0.39, 0.29) is 12.1 Å². The van der Waals surface area contributed by atoms with Crippen LogP contribution in [0.1, 0.15) is 44.2 Å². The Balaban J connectivity index is 1.42. The zero-order valence-electron chi connectivity index (χ0n) is 21.9. The summed E-state index contributed by atoms with van der Waals surface area (Å²) in [4.78, 5) is 14.5. The number of aromatic nitrogens is 3. The Labute approximate surface area is 214 Å². The molecule has 0 amide bonds. The van der Waals surface area contributed by atoms with E-state index in [4.69, 9.17) is 9.72 Å². The average molecular weight is 493 g/mol. The summed E-state index contributed by atoms with van der Waals surface area (Å²) in [7, 11) is 3.90. The van der Waals surface area contributed by atoms with Gasteiger partial charge in [0.25, 0.3) is 0 Å². The van der Waals surface area contributed by atoms with E-state index in [1.165, 1.54) is 16.7 Å². The Kier molecular flexibility index (Phi) is 7.86. The lowest BCUT2D eigenvalue weighted by Gasteiger charge is -2.32. The van der Waals surface area contributed by atoms with Crippen LogP contribution in [0.4, 0.5) is 5.95 Å². The second-order valence-electron chi connectivity index (χ2n) is 10.6. The van der Waals surface area contributed by atoms with Gasteiger partial charge in [0, 0.05) is 75.3 Å². The zero-order chi connectivity index (χ0) is 25.1. The maximum absolute atomic E-state index is 10.1. The summed E-state index contributed by atoms with van der Waals surface area (Å²) in [6, 6.07) is 9.45. The van der Waals surface area contributed by atoms with Crippen molar-refractivity contribution in [3.8, 4) is 11.1 Å². The van der Waals surface area contributed by atoms with E-state index in [9.17, 15) is 5.11 Å². The molecule has 2 fully saturated rings. The molecular formula is C28H40N6O2. The molecule has 2 aromatic heterocycles. The van der Waals surface area contributed by atoms with Crippen LogP contribution >= 0.6 is 0 Å². The van der Waals surface area contributed by atoms with E-state index in [1.54, 1.807) is 7.11 Å². The highest BCUT2D eigenvalue weighted by atomic mass is 16.5. The molecule has 1 aliphatic carbocycles. The molecule has 3 aromatic rings. The summed E-state index contributed by atoms with van der Waals surface area (Å²) < 4.78 is 7.59. The van der Waals surface area contributed by atoms with Crippen molar-refractivity contribution < 1.29 is 9.84 Å². The van der Waals surface area contributed by atoms with Crippen LogP contribution in [0, 0.1) is 0 Å². The van der Waals surface area contributed by atoms with Gasteiger partial charge in [-0.25, -0.2) is 4.98 Å². The topological polar surface area (TPSA) is 78.7 Å². The Morgan fingerprint density at radius 3 is 2.50 bits per heavy atom. The summed E-state index contributed by atoms with van der Waals surface area (Å²) >= 11 is 0. The lowest BCUT2D eigenvalue weighted by molar-refractivity contribution is 0.111. The molecule has 1 unspecified atom stereocenters. The third-order valence-corrected chi connectivity index (χ3v) is 7.69. The van der Waals surface area contributed by atoms with Crippen LogP contribution in [-0.4, -0.2) is 88.5 Å². The van der Waals surface area contributed by atoms with Crippen LogP contribution in [0.2, 0.25) is 0 Å². The number of fused-ring (bicyclic) bond motifs is 1. The van der Waals surface area contributed by atoms with Gasteiger partial charge in [-0.2, -0.15) is 4.98 Å². The molecule has 8 heteroatoms. The molecule has 8 nitrogen and oxygen atoms in total. The second-order valence-corrected chi connectivity index (χ2v) is 10.6. The number of hydrogen-bond acceptors (Lipinski definition) is 7. The average Bonchev–Trinajstić information content (AvgIpc) is 3.25. The van der Waals surface area contributed by atoms with Crippen molar-refractivity contribution in [2.24, 2.45) is 0 Å². The molecule has 1 aromatic carbocycles. The van der Waals surface area contributed by atoms with Crippen molar-refractivity contribution >= 4 is 17.0 Å². The molecule has 1 saturated heterocycles. The Hall–Kier alpha value is -2.52. The van der Waals surface area contributed by atoms with Gasteiger partial charge < -0.3 is 24.6 Å². The molecule has 0 bridgehead atoms. The Morgan fingerprint density at radius 2 is 1.81 bits per heavy atom. The maximum atomic E-state index is 10.1. The number of benzene rings is 1. The summed E-state index contributed by atoms with van der Waals surface area (Å²) in [5.41, 5.74) is 4.66. The maximum Gasteiger partial charge on any atom is 0.224 e. The predicted molar refractivity (Wildman–Crippen MR) is 144 cm³/mol. The highest BCUT2D eigenvalue weighted by Gasteiger charge is 2.24. The first-order chi connectivity index (χ1) is 17.5. The fourth-order valence-electron chi connectivity index (χ4n) is 5.51. The molecule has 2 aliphatic rings. The normalized spacial score (nSPS) is 22.7. The van der Waals surface area contributed by atoms with E-state index >= 15 is 0 Å². The number of nitrogens with one attached hydrogen (secondary N) is 1. The van der Waals surface area contributed by atoms with Crippen molar-refractivity contribution in [3.05, 3.63) is 42.2 Å². The molecule has 194 valence electrons. The van der Waals surface area contributed by atoms with Gasteiger partial charge in [-0.05, 0) is 50.8 Å². The molecule has 3 heterocycles. The van der Waals surface area contributed by atoms with E-state index < -0.39 is 0 Å². The lowest BCUT2D eigenvalue weighted by Crippen LogP contribution is -2.43. The molecule has 36 heavy (non-hydrogen) atoms. The van der Waals surface area contributed by atoms with Crippen molar-refractivity contribution in [2.45, 2.75) is 57.3 Å². The van der Waals surface area contributed by atoms with Crippen LogP contribution in [0.25, 0.3) is 22.2 Å². The lowest BCUT2D eigenvalue weighted by atomic mass is 9.93. The fraction of sp³-hybridized carbons (Fsp3) is 0.571. The van der Waals surface area contributed by atoms with Crippen molar-refractivity contribution in [1.82, 2.24) is 24.3 Å². The quantitative estimate of drug-likeness (QED) is 0.496. The van der Waals surface area contributed by atoms with Crippen LogP contribution < -0.4 is 5.32 Å². The minimum Gasteiger partial charge on any atom is -0.393 e. The van der Waals surface area contributed by atoms with Crippen molar-refractivity contribution in [3.63, 3.8) is 0 Å². The summed E-state index contributed by atoms with van der Waals surface area (Å²) in [6.45, 7) is 8.17. The van der Waals surface area contributed by atoms with Crippen LogP contribution in [0.3, 0.4) is 0 Å². The van der Waals surface area contributed by atoms with Gasteiger partial charge in [0.2, 0.25) is 5.95 Å². The molecule has 2 N–H and O–H groups in total. The Morgan fingerprint density at radius 1 is 1.08 bits per heavy atom. The third kappa shape index (κ3) is 5.72. The molecule has 5 rings (SSSR count). The SMILES string of the molecule is COCC(C)Nc1ncc2c(-c3ccc(CN4CCN(C)CC4)cc3)cn(C3CCC(O)CC3)c2n1. The van der Waals surface area contributed by atoms with Crippen molar-refractivity contribution in [1.29, 1.82) is 0 Å². The second kappa shape index (κ2) is 11.3. The van der Waals surface area contributed by atoms with E-state index in [1.807, 2.05) is 6.20 Å². The number of ether oxygens (including phenoxy) is 1. The summed E-state index contributed by atoms with van der Waals surface area (Å²) in [5, 5.41) is 14.5. The monoisotopic (exact) mass is 492 g/mol. The van der Waals surface area contributed by atoms with Gasteiger partial charge >= 0.3 is 0 Å². The third-order valence-electron chi connectivity index (χ3n) is 7.69. The predicted octanol–water partition coefficient (Wildman–Crippen LogP) is 3.77. The van der Waals surface area contributed by atoms with Gasteiger partial charge in [0.05, 0.1) is 12.7 Å². The number of methoxy groups -OCH3 is 1. The van der Waals surface area contributed by atoms with Crippen LogP contribution in [0.5, 0.6) is 0 Å². The number of nitrogens with zero attached hydrogens (tertiary/aromatic N) is 5. The molecule has 1 atom stereocenters. The number of hydrogen-bond donors (Lipinski definition) is 2.